The number of fused-ring (bicyclic) bond motifs is 1. The van der Waals surface area contributed by atoms with Crippen LogP contribution in [0.5, 0.6) is 0 Å². The van der Waals surface area contributed by atoms with Gasteiger partial charge in [-0.1, -0.05) is 18.2 Å². The van der Waals surface area contributed by atoms with Gasteiger partial charge in [0.15, 0.2) is 0 Å². The molecule has 172 valence electrons. The standard InChI is InChI=1S/C25H28N4O3S/c30-25(29-21-6-3-20-16-27-11-9-19(20)12-21)24-13-23(24)18-4-7-22(8-5-18)33(31,32)28-15-17-2-1-10-26-14-17/h3-9,11-12,16-17,23-24,26,28H,1-2,10,13-15H2,(H,29,30)/t17-,23+,24-/m1/s1. The Labute approximate surface area is 194 Å². The van der Waals surface area contributed by atoms with Gasteiger partial charge in [0.2, 0.25) is 15.9 Å². The number of nitrogens with zero attached hydrogens (tertiary/aromatic N) is 1. The van der Waals surface area contributed by atoms with Gasteiger partial charge >= 0.3 is 0 Å². The minimum absolute atomic E-state index is 0.00661. The predicted molar refractivity (Wildman–Crippen MR) is 128 cm³/mol. The lowest BCUT2D eigenvalue weighted by atomic mass is 10.0. The molecule has 0 radical (unpaired) electrons. The summed E-state index contributed by atoms with van der Waals surface area (Å²) in [6.45, 7) is 2.31. The van der Waals surface area contributed by atoms with Crippen LogP contribution in [0.15, 0.2) is 65.8 Å². The SMILES string of the molecule is O=C(Nc1ccc2cnccc2c1)[C@@H]1C[C@H]1c1ccc(S(=O)(=O)NC[C@@H]2CCCNC2)cc1. The van der Waals surface area contributed by atoms with Crippen molar-refractivity contribution in [3.8, 4) is 0 Å². The van der Waals surface area contributed by atoms with Crippen molar-refractivity contribution in [2.75, 3.05) is 25.0 Å². The van der Waals surface area contributed by atoms with Crippen LogP contribution in [-0.4, -0.2) is 38.9 Å². The van der Waals surface area contributed by atoms with Crippen molar-refractivity contribution in [2.45, 2.75) is 30.1 Å². The topological polar surface area (TPSA) is 100 Å². The molecule has 0 spiro atoms. The van der Waals surface area contributed by atoms with Gasteiger partial charge < -0.3 is 10.6 Å². The number of nitrogens with one attached hydrogen (secondary N) is 3. The third-order valence-corrected chi connectivity index (χ3v) is 8.05. The van der Waals surface area contributed by atoms with E-state index in [0.717, 1.165) is 54.4 Å². The number of pyridine rings is 1. The molecule has 0 bridgehead atoms. The van der Waals surface area contributed by atoms with Crippen molar-refractivity contribution in [3.05, 3.63) is 66.5 Å². The Bertz CT molecular complexity index is 1250. The molecule has 1 aliphatic heterocycles. The van der Waals surface area contributed by atoms with Crippen LogP contribution < -0.4 is 15.4 Å². The first-order chi connectivity index (χ1) is 16.0. The summed E-state index contributed by atoms with van der Waals surface area (Å²) < 4.78 is 28.0. The number of anilines is 1. The van der Waals surface area contributed by atoms with Gasteiger partial charge in [0.1, 0.15) is 0 Å². The molecule has 2 aromatic carbocycles. The highest BCUT2D eigenvalue weighted by atomic mass is 32.2. The summed E-state index contributed by atoms with van der Waals surface area (Å²) >= 11 is 0. The fourth-order valence-electron chi connectivity index (χ4n) is 4.55. The first kappa shape index (κ1) is 22.0. The van der Waals surface area contributed by atoms with E-state index in [4.69, 9.17) is 0 Å². The Hall–Kier alpha value is -2.81. The molecule has 1 amide bonds. The Morgan fingerprint density at radius 3 is 2.73 bits per heavy atom. The second-order valence-corrected chi connectivity index (χ2v) is 10.8. The van der Waals surface area contributed by atoms with E-state index in [2.05, 4.69) is 20.3 Å². The van der Waals surface area contributed by atoms with Gasteiger partial charge in [-0.25, -0.2) is 13.1 Å². The van der Waals surface area contributed by atoms with E-state index >= 15 is 0 Å². The molecule has 2 heterocycles. The molecule has 1 saturated heterocycles. The molecule has 5 rings (SSSR count). The second kappa shape index (κ2) is 9.21. The smallest absolute Gasteiger partial charge is 0.240 e. The molecule has 7 nitrogen and oxygen atoms in total. The summed E-state index contributed by atoms with van der Waals surface area (Å²) in [6.07, 6.45) is 6.41. The average Bonchev–Trinajstić information content (AvgIpc) is 3.65. The Morgan fingerprint density at radius 1 is 1.09 bits per heavy atom. The highest BCUT2D eigenvalue weighted by Crippen LogP contribution is 2.48. The molecule has 1 aliphatic carbocycles. The van der Waals surface area contributed by atoms with Crippen LogP contribution in [0.4, 0.5) is 5.69 Å². The van der Waals surface area contributed by atoms with Crippen molar-refractivity contribution in [1.29, 1.82) is 0 Å². The highest BCUT2D eigenvalue weighted by molar-refractivity contribution is 7.89. The Kier molecular flexibility index (Phi) is 6.14. The van der Waals surface area contributed by atoms with Gasteiger partial charge in [-0.3, -0.25) is 9.78 Å². The molecule has 1 aromatic heterocycles. The normalized spacial score (nSPS) is 22.7. The summed E-state index contributed by atoms with van der Waals surface area (Å²) in [5, 5.41) is 8.37. The number of amides is 1. The number of aromatic nitrogens is 1. The van der Waals surface area contributed by atoms with Gasteiger partial charge in [0.25, 0.3) is 0 Å². The third-order valence-electron chi connectivity index (χ3n) is 6.61. The zero-order chi connectivity index (χ0) is 22.8. The number of benzene rings is 2. The summed E-state index contributed by atoms with van der Waals surface area (Å²) in [7, 11) is -3.53. The van der Waals surface area contributed by atoms with Crippen LogP contribution in [0.2, 0.25) is 0 Å². The maximum Gasteiger partial charge on any atom is 0.240 e. The molecule has 2 aliphatic rings. The van der Waals surface area contributed by atoms with Crippen LogP contribution in [0, 0.1) is 11.8 Å². The molecular formula is C25H28N4O3S. The molecule has 3 aromatic rings. The van der Waals surface area contributed by atoms with Crippen molar-refractivity contribution >= 4 is 32.4 Å². The van der Waals surface area contributed by atoms with E-state index in [1.54, 1.807) is 24.5 Å². The van der Waals surface area contributed by atoms with E-state index < -0.39 is 10.0 Å². The van der Waals surface area contributed by atoms with Crippen molar-refractivity contribution in [3.63, 3.8) is 0 Å². The number of sulfonamides is 1. The fourth-order valence-corrected chi connectivity index (χ4v) is 5.67. The minimum Gasteiger partial charge on any atom is -0.326 e. The fraction of sp³-hybridized carbons (Fsp3) is 0.360. The quantitative estimate of drug-likeness (QED) is 0.498. The Balaban J connectivity index is 1.18. The maximum atomic E-state index is 12.7. The lowest BCUT2D eigenvalue weighted by Gasteiger charge is -2.22. The lowest BCUT2D eigenvalue weighted by Crippen LogP contribution is -2.38. The number of piperidine rings is 1. The molecule has 3 atom stereocenters. The average molecular weight is 465 g/mol. The molecule has 33 heavy (non-hydrogen) atoms. The Morgan fingerprint density at radius 2 is 1.94 bits per heavy atom. The maximum absolute atomic E-state index is 12.7. The zero-order valence-electron chi connectivity index (χ0n) is 18.3. The van der Waals surface area contributed by atoms with E-state index in [-0.39, 0.29) is 22.6 Å². The number of rotatable bonds is 7. The second-order valence-electron chi connectivity index (χ2n) is 9.01. The van der Waals surface area contributed by atoms with Crippen LogP contribution in [-0.2, 0) is 14.8 Å². The summed E-state index contributed by atoms with van der Waals surface area (Å²) in [5.74, 6) is 0.343. The summed E-state index contributed by atoms with van der Waals surface area (Å²) in [6, 6.07) is 14.6. The molecule has 0 unspecified atom stereocenters. The van der Waals surface area contributed by atoms with Crippen LogP contribution in [0.1, 0.15) is 30.7 Å². The van der Waals surface area contributed by atoms with E-state index in [0.29, 0.717) is 12.5 Å². The zero-order valence-corrected chi connectivity index (χ0v) is 19.1. The van der Waals surface area contributed by atoms with Gasteiger partial charge in [-0.15, -0.1) is 0 Å². The number of hydrogen-bond donors (Lipinski definition) is 3. The number of carbonyl (C=O) groups excluding carboxylic acids is 1. The predicted octanol–water partition coefficient (Wildman–Crippen LogP) is 3.25. The first-order valence-electron chi connectivity index (χ1n) is 11.4. The van der Waals surface area contributed by atoms with Crippen molar-refractivity contribution in [2.24, 2.45) is 11.8 Å². The molecule has 2 fully saturated rings. The summed E-state index contributed by atoms with van der Waals surface area (Å²) in [4.78, 5) is 17.1. The van der Waals surface area contributed by atoms with Crippen molar-refractivity contribution in [1.82, 2.24) is 15.0 Å². The largest absolute Gasteiger partial charge is 0.326 e. The summed E-state index contributed by atoms with van der Waals surface area (Å²) in [5.41, 5.74) is 1.76. The van der Waals surface area contributed by atoms with Gasteiger partial charge in [-0.05, 0) is 85.5 Å². The van der Waals surface area contributed by atoms with Crippen LogP contribution >= 0.6 is 0 Å². The molecule has 8 heteroatoms. The van der Waals surface area contributed by atoms with Gasteiger partial charge in [0.05, 0.1) is 4.90 Å². The number of hydrogen-bond acceptors (Lipinski definition) is 5. The highest BCUT2D eigenvalue weighted by Gasteiger charge is 2.44. The van der Waals surface area contributed by atoms with E-state index in [1.165, 1.54) is 0 Å². The van der Waals surface area contributed by atoms with Gasteiger partial charge in [0, 0.05) is 35.9 Å². The third kappa shape index (κ3) is 5.08. The lowest BCUT2D eigenvalue weighted by molar-refractivity contribution is -0.117. The van der Waals surface area contributed by atoms with E-state index in [9.17, 15) is 13.2 Å². The van der Waals surface area contributed by atoms with Crippen LogP contribution in [0.3, 0.4) is 0 Å². The van der Waals surface area contributed by atoms with Crippen molar-refractivity contribution < 1.29 is 13.2 Å². The van der Waals surface area contributed by atoms with E-state index in [1.807, 2.05) is 36.4 Å². The van der Waals surface area contributed by atoms with Gasteiger partial charge in [-0.2, -0.15) is 0 Å². The first-order valence-corrected chi connectivity index (χ1v) is 12.9. The minimum atomic E-state index is -3.53. The molecule has 1 saturated carbocycles. The number of carbonyl (C=O) groups is 1. The molecule has 3 N–H and O–H groups in total. The van der Waals surface area contributed by atoms with Crippen LogP contribution in [0.25, 0.3) is 10.8 Å². The monoisotopic (exact) mass is 464 g/mol. The molecular weight excluding hydrogens is 436 g/mol.